The number of benzene rings is 1. The average Bonchev–Trinajstić information content (AvgIpc) is 2.45. The summed E-state index contributed by atoms with van der Waals surface area (Å²) in [7, 11) is 0. The zero-order valence-corrected chi connectivity index (χ0v) is 12.6. The monoisotopic (exact) mass is 303 g/mol. The second-order valence-corrected chi connectivity index (χ2v) is 5.10. The van der Waals surface area contributed by atoms with Crippen molar-refractivity contribution in [3.05, 3.63) is 58.0 Å². The van der Waals surface area contributed by atoms with Crippen molar-refractivity contribution >= 4 is 17.2 Å². The van der Waals surface area contributed by atoms with Crippen LogP contribution in [-0.2, 0) is 6.54 Å². The van der Waals surface area contributed by atoms with Gasteiger partial charge in [-0.2, -0.15) is 5.10 Å². The number of rotatable bonds is 6. The molecule has 1 aromatic heterocycles. The van der Waals surface area contributed by atoms with Crippen LogP contribution < -0.4 is 16.0 Å². The topological polar surface area (TPSA) is 70.1 Å². The van der Waals surface area contributed by atoms with Gasteiger partial charge in [0.1, 0.15) is 10.7 Å². The number of nitrogens with two attached hydrogens (primary N) is 1. The summed E-state index contributed by atoms with van der Waals surface area (Å²) in [6, 6.07) is 8.94. The number of para-hydroxylation sites is 1. The fraction of sp³-hybridized carbons (Fsp3) is 0.267. The maximum Gasteiger partial charge on any atom is 0.266 e. The van der Waals surface area contributed by atoms with Crippen LogP contribution in [0.3, 0.4) is 0 Å². The molecule has 1 aromatic carbocycles. The number of nitrogens with zero attached hydrogens (tertiary/aromatic N) is 2. The minimum Gasteiger partial charge on any atom is -0.493 e. The summed E-state index contributed by atoms with van der Waals surface area (Å²) < 4.78 is 7.10. The Morgan fingerprint density at radius 3 is 2.90 bits per heavy atom. The highest BCUT2D eigenvalue weighted by atomic mass is 32.1. The first-order chi connectivity index (χ1) is 10.1. The summed E-state index contributed by atoms with van der Waals surface area (Å²) in [5, 5.41) is 4.08. The van der Waals surface area contributed by atoms with Crippen LogP contribution in [0.15, 0.2) is 41.3 Å². The number of aromatic nitrogens is 2. The molecule has 2 N–H and O–H groups in total. The molecule has 0 spiro atoms. The second-order valence-electron chi connectivity index (χ2n) is 4.66. The lowest BCUT2D eigenvalue weighted by Crippen LogP contribution is -2.23. The maximum absolute atomic E-state index is 11.7. The van der Waals surface area contributed by atoms with E-state index in [1.807, 2.05) is 31.2 Å². The predicted octanol–water partition coefficient (Wildman–Crippen LogP) is 1.66. The third kappa shape index (κ3) is 4.13. The molecule has 2 rings (SSSR count). The Kier molecular flexibility index (Phi) is 5.05. The van der Waals surface area contributed by atoms with E-state index in [0.29, 0.717) is 30.3 Å². The molecule has 1 heterocycles. The molecule has 5 nitrogen and oxygen atoms in total. The Hall–Kier alpha value is -2.21. The molecule has 0 aliphatic rings. The number of aryl methyl sites for hydroxylation is 2. The standard InChI is InChI=1S/C15H17N3O2S/c1-11-9-14(19)18(17-10-11)7-4-8-20-13-6-3-2-5-12(13)15(16)21/h2-3,5-6,9-10H,4,7-8H2,1H3,(H2,16,21). The van der Waals surface area contributed by atoms with E-state index in [9.17, 15) is 4.79 Å². The van der Waals surface area contributed by atoms with E-state index in [0.717, 1.165) is 11.1 Å². The number of ether oxygens (including phenoxy) is 1. The Balaban J connectivity index is 1.91. The van der Waals surface area contributed by atoms with Gasteiger partial charge in [0.25, 0.3) is 5.56 Å². The van der Waals surface area contributed by atoms with Crippen molar-refractivity contribution in [2.75, 3.05) is 6.61 Å². The molecule has 0 aliphatic carbocycles. The fourth-order valence-corrected chi connectivity index (χ4v) is 2.05. The van der Waals surface area contributed by atoms with E-state index in [-0.39, 0.29) is 5.56 Å². The van der Waals surface area contributed by atoms with Crippen molar-refractivity contribution < 1.29 is 4.74 Å². The largest absolute Gasteiger partial charge is 0.493 e. The normalized spacial score (nSPS) is 10.3. The average molecular weight is 303 g/mol. The molecule has 21 heavy (non-hydrogen) atoms. The van der Waals surface area contributed by atoms with Gasteiger partial charge in [-0.25, -0.2) is 4.68 Å². The molecule has 0 saturated heterocycles. The van der Waals surface area contributed by atoms with Crippen molar-refractivity contribution in [1.29, 1.82) is 0 Å². The third-order valence-electron chi connectivity index (χ3n) is 2.93. The first-order valence-electron chi connectivity index (χ1n) is 6.63. The Labute approximate surface area is 128 Å². The first kappa shape index (κ1) is 15.2. The summed E-state index contributed by atoms with van der Waals surface area (Å²) in [4.78, 5) is 12.0. The van der Waals surface area contributed by atoms with Gasteiger partial charge in [0.05, 0.1) is 18.4 Å². The summed E-state index contributed by atoms with van der Waals surface area (Å²) in [5.74, 6) is 0.661. The molecule has 0 amide bonds. The molecule has 0 unspecified atom stereocenters. The van der Waals surface area contributed by atoms with Gasteiger partial charge < -0.3 is 10.5 Å². The van der Waals surface area contributed by atoms with Crippen LogP contribution in [0.2, 0.25) is 0 Å². The van der Waals surface area contributed by atoms with Crippen LogP contribution in [0.25, 0.3) is 0 Å². The van der Waals surface area contributed by atoms with E-state index < -0.39 is 0 Å². The van der Waals surface area contributed by atoms with Gasteiger partial charge in [0.2, 0.25) is 0 Å². The lowest BCUT2D eigenvalue weighted by atomic mass is 10.2. The molecule has 2 aromatic rings. The molecule has 6 heteroatoms. The van der Waals surface area contributed by atoms with E-state index in [4.69, 9.17) is 22.7 Å². The van der Waals surface area contributed by atoms with Crippen molar-refractivity contribution in [3.63, 3.8) is 0 Å². The zero-order chi connectivity index (χ0) is 15.2. The summed E-state index contributed by atoms with van der Waals surface area (Å²) >= 11 is 4.98. The Morgan fingerprint density at radius 2 is 2.19 bits per heavy atom. The summed E-state index contributed by atoms with van der Waals surface area (Å²) in [5.41, 5.74) is 7.12. The SMILES string of the molecule is Cc1cnn(CCCOc2ccccc2C(N)=S)c(=O)c1. The van der Waals surface area contributed by atoms with Gasteiger partial charge >= 0.3 is 0 Å². The van der Waals surface area contributed by atoms with Crippen molar-refractivity contribution in [3.8, 4) is 5.75 Å². The highest BCUT2D eigenvalue weighted by Gasteiger charge is 2.05. The van der Waals surface area contributed by atoms with Gasteiger partial charge in [-0.15, -0.1) is 0 Å². The highest BCUT2D eigenvalue weighted by molar-refractivity contribution is 7.80. The third-order valence-corrected chi connectivity index (χ3v) is 3.15. The van der Waals surface area contributed by atoms with Gasteiger partial charge in [-0.05, 0) is 24.6 Å². The van der Waals surface area contributed by atoms with Gasteiger partial charge in [-0.3, -0.25) is 4.79 Å². The Bertz CT molecular complexity index is 697. The van der Waals surface area contributed by atoms with Crippen molar-refractivity contribution in [2.24, 2.45) is 5.73 Å². The van der Waals surface area contributed by atoms with E-state index in [1.165, 1.54) is 4.68 Å². The first-order valence-corrected chi connectivity index (χ1v) is 7.04. The lowest BCUT2D eigenvalue weighted by molar-refractivity contribution is 0.296. The zero-order valence-electron chi connectivity index (χ0n) is 11.8. The van der Waals surface area contributed by atoms with Crippen molar-refractivity contribution in [1.82, 2.24) is 9.78 Å². The van der Waals surface area contributed by atoms with Crippen LogP contribution in [-0.4, -0.2) is 21.4 Å². The molecule has 0 aliphatic heterocycles. The van der Waals surface area contributed by atoms with Crippen LogP contribution in [0.4, 0.5) is 0 Å². The van der Waals surface area contributed by atoms with Gasteiger partial charge in [0, 0.05) is 19.0 Å². The second kappa shape index (κ2) is 6.99. The summed E-state index contributed by atoms with van der Waals surface area (Å²) in [6.45, 7) is 2.81. The summed E-state index contributed by atoms with van der Waals surface area (Å²) in [6.07, 6.45) is 2.34. The van der Waals surface area contributed by atoms with Crippen LogP contribution in [0, 0.1) is 6.92 Å². The molecule has 0 atom stereocenters. The maximum atomic E-state index is 11.7. The quantitative estimate of drug-likeness (QED) is 0.649. The molecule has 0 radical (unpaired) electrons. The number of hydrogen-bond acceptors (Lipinski definition) is 4. The minimum absolute atomic E-state index is 0.0986. The van der Waals surface area contributed by atoms with Crippen LogP contribution >= 0.6 is 12.2 Å². The van der Waals surface area contributed by atoms with E-state index in [2.05, 4.69) is 5.10 Å². The van der Waals surface area contributed by atoms with E-state index in [1.54, 1.807) is 12.3 Å². The van der Waals surface area contributed by atoms with Gasteiger partial charge in [-0.1, -0.05) is 24.4 Å². The molecular formula is C15H17N3O2S. The molecule has 0 saturated carbocycles. The number of hydrogen-bond donors (Lipinski definition) is 1. The Morgan fingerprint density at radius 1 is 1.43 bits per heavy atom. The molecular weight excluding hydrogens is 286 g/mol. The predicted molar refractivity (Wildman–Crippen MR) is 85.7 cm³/mol. The molecule has 0 bridgehead atoms. The smallest absolute Gasteiger partial charge is 0.266 e. The number of thiocarbonyl (C=S) groups is 1. The van der Waals surface area contributed by atoms with E-state index >= 15 is 0 Å². The lowest BCUT2D eigenvalue weighted by Gasteiger charge is -2.10. The van der Waals surface area contributed by atoms with Gasteiger partial charge in [0.15, 0.2) is 0 Å². The van der Waals surface area contributed by atoms with Crippen molar-refractivity contribution in [2.45, 2.75) is 19.9 Å². The minimum atomic E-state index is -0.0986. The molecule has 0 fully saturated rings. The van der Waals surface area contributed by atoms with Crippen LogP contribution in [0.1, 0.15) is 17.5 Å². The molecule has 110 valence electrons. The van der Waals surface area contributed by atoms with Crippen LogP contribution in [0.5, 0.6) is 5.75 Å². The highest BCUT2D eigenvalue weighted by Crippen LogP contribution is 2.17. The fourth-order valence-electron chi connectivity index (χ4n) is 1.88.